The largest absolute Gasteiger partial charge is 0.414 e. The molecule has 0 heterocycles. The quantitative estimate of drug-likeness (QED) is 0.359. The van der Waals surface area contributed by atoms with Crippen LogP contribution in [0.2, 0.25) is 18.1 Å². The zero-order valence-corrected chi connectivity index (χ0v) is 16.6. The van der Waals surface area contributed by atoms with Crippen LogP contribution in [0.3, 0.4) is 0 Å². The van der Waals surface area contributed by atoms with Crippen LogP contribution in [0.4, 0.5) is 0 Å². The van der Waals surface area contributed by atoms with Crippen LogP contribution >= 0.6 is 0 Å². The molecular formula is C16H36O6Si. The molecule has 0 saturated carbocycles. The van der Waals surface area contributed by atoms with Gasteiger partial charge in [0.15, 0.2) is 8.32 Å². The first kappa shape index (κ1) is 23.0. The van der Waals surface area contributed by atoms with Crippen molar-refractivity contribution in [3.8, 4) is 0 Å². The molecule has 6 nitrogen and oxygen atoms in total. The van der Waals surface area contributed by atoms with Crippen molar-refractivity contribution in [2.45, 2.75) is 38.9 Å². The van der Waals surface area contributed by atoms with Crippen molar-refractivity contribution in [3.05, 3.63) is 0 Å². The van der Waals surface area contributed by atoms with Crippen LogP contribution in [-0.4, -0.2) is 79.5 Å². The van der Waals surface area contributed by atoms with Crippen LogP contribution < -0.4 is 0 Å². The van der Waals surface area contributed by atoms with E-state index in [1.54, 1.807) is 0 Å². The summed E-state index contributed by atoms with van der Waals surface area (Å²) in [6.07, 6.45) is 0. The maximum absolute atomic E-state index is 8.52. The number of ether oxygens (including phenoxy) is 4. The van der Waals surface area contributed by atoms with Gasteiger partial charge in [-0.2, -0.15) is 0 Å². The molecule has 0 amide bonds. The Morgan fingerprint density at radius 3 is 1.35 bits per heavy atom. The molecule has 0 saturated heterocycles. The van der Waals surface area contributed by atoms with Gasteiger partial charge >= 0.3 is 0 Å². The third kappa shape index (κ3) is 13.0. The minimum Gasteiger partial charge on any atom is -0.414 e. The van der Waals surface area contributed by atoms with Crippen LogP contribution in [0.15, 0.2) is 0 Å². The smallest absolute Gasteiger partial charge is 0.192 e. The van der Waals surface area contributed by atoms with Gasteiger partial charge in [-0.1, -0.05) is 20.8 Å². The van der Waals surface area contributed by atoms with Crippen molar-refractivity contribution in [1.82, 2.24) is 0 Å². The lowest BCUT2D eigenvalue weighted by atomic mass is 10.2. The summed E-state index contributed by atoms with van der Waals surface area (Å²) in [4.78, 5) is 0. The molecular weight excluding hydrogens is 316 g/mol. The van der Waals surface area contributed by atoms with Gasteiger partial charge in [-0.15, -0.1) is 0 Å². The van der Waals surface area contributed by atoms with Gasteiger partial charge in [0.05, 0.1) is 66.1 Å². The average molecular weight is 353 g/mol. The highest BCUT2D eigenvalue weighted by Crippen LogP contribution is 2.36. The molecule has 1 N–H and O–H groups in total. The topological polar surface area (TPSA) is 66.4 Å². The summed E-state index contributed by atoms with van der Waals surface area (Å²) >= 11 is 0. The first-order valence-corrected chi connectivity index (χ1v) is 11.3. The molecule has 0 aromatic rings. The van der Waals surface area contributed by atoms with E-state index in [-0.39, 0.29) is 11.6 Å². The number of aliphatic hydroxyl groups is 1. The lowest BCUT2D eigenvalue weighted by Gasteiger charge is -2.36. The molecule has 0 aliphatic rings. The molecule has 0 aromatic carbocycles. The van der Waals surface area contributed by atoms with Crippen molar-refractivity contribution >= 4 is 8.32 Å². The van der Waals surface area contributed by atoms with Crippen molar-refractivity contribution in [3.63, 3.8) is 0 Å². The molecule has 7 heteroatoms. The van der Waals surface area contributed by atoms with Crippen LogP contribution in [0.1, 0.15) is 20.8 Å². The highest BCUT2D eigenvalue weighted by molar-refractivity contribution is 6.74. The zero-order valence-electron chi connectivity index (χ0n) is 15.6. The second kappa shape index (κ2) is 13.3. The Hall–Kier alpha value is -0.0231. The molecule has 0 unspecified atom stereocenters. The van der Waals surface area contributed by atoms with E-state index in [1.807, 2.05) is 0 Å². The summed E-state index contributed by atoms with van der Waals surface area (Å²) in [6.45, 7) is 16.1. The molecule has 0 aliphatic heterocycles. The monoisotopic (exact) mass is 352 g/mol. The average Bonchev–Trinajstić information content (AvgIpc) is 2.46. The molecule has 0 aliphatic carbocycles. The van der Waals surface area contributed by atoms with Gasteiger partial charge in [0, 0.05) is 0 Å². The number of hydrogen-bond donors (Lipinski definition) is 1. The lowest BCUT2D eigenvalue weighted by molar-refractivity contribution is -0.00816. The Bertz CT molecular complexity index is 268. The fourth-order valence-electron chi connectivity index (χ4n) is 1.40. The van der Waals surface area contributed by atoms with Gasteiger partial charge in [-0.05, 0) is 18.1 Å². The van der Waals surface area contributed by atoms with Crippen LogP contribution in [0.25, 0.3) is 0 Å². The number of aliphatic hydroxyl groups excluding tert-OH is 1. The van der Waals surface area contributed by atoms with E-state index < -0.39 is 8.32 Å². The van der Waals surface area contributed by atoms with E-state index in [4.69, 9.17) is 28.5 Å². The van der Waals surface area contributed by atoms with Gasteiger partial charge in [0.2, 0.25) is 0 Å². The fraction of sp³-hybridized carbons (Fsp3) is 1.00. The molecule has 140 valence electrons. The molecule has 0 atom stereocenters. The highest BCUT2D eigenvalue weighted by Gasteiger charge is 2.36. The fourth-order valence-corrected chi connectivity index (χ4v) is 2.43. The molecule has 0 rings (SSSR count). The maximum Gasteiger partial charge on any atom is 0.192 e. The Labute approximate surface area is 142 Å². The Morgan fingerprint density at radius 1 is 0.652 bits per heavy atom. The van der Waals surface area contributed by atoms with Gasteiger partial charge < -0.3 is 28.5 Å². The Balaban J connectivity index is 3.25. The summed E-state index contributed by atoms with van der Waals surface area (Å²) in [5.74, 6) is 0. The Morgan fingerprint density at radius 2 is 1.00 bits per heavy atom. The molecule has 0 fully saturated rings. The van der Waals surface area contributed by atoms with E-state index >= 15 is 0 Å². The van der Waals surface area contributed by atoms with Crippen LogP contribution in [-0.2, 0) is 23.4 Å². The zero-order chi connectivity index (χ0) is 17.6. The molecule has 0 bridgehead atoms. The van der Waals surface area contributed by atoms with Crippen LogP contribution in [0, 0.1) is 0 Å². The number of rotatable bonds is 15. The molecule has 0 radical (unpaired) electrons. The van der Waals surface area contributed by atoms with E-state index in [0.29, 0.717) is 59.5 Å². The van der Waals surface area contributed by atoms with Gasteiger partial charge in [-0.25, -0.2) is 0 Å². The second-order valence-electron chi connectivity index (χ2n) is 6.78. The van der Waals surface area contributed by atoms with Crippen molar-refractivity contribution in [1.29, 1.82) is 0 Å². The molecule has 0 spiro atoms. The third-order valence-corrected chi connectivity index (χ3v) is 8.39. The summed E-state index contributed by atoms with van der Waals surface area (Å²) in [5.41, 5.74) is 0. The predicted molar refractivity (Wildman–Crippen MR) is 93.5 cm³/mol. The standard InChI is InChI=1S/C16H36O6Si/c1-16(2,3)23(4,5)22-15-14-21-13-12-20-11-10-19-9-8-18-7-6-17/h17H,6-15H2,1-5H3. The number of hydrogen-bond acceptors (Lipinski definition) is 6. The predicted octanol–water partition coefficient (Wildman–Crippen LogP) is 2.07. The summed E-state index contributed by atoms with van der Waals surface area (Å²) < 4.78 is 27.3. The van der Waals surface area contributed by atoms with Crippen molar-refractivity contribution < 1.29 is 28.5 Å². The summed E-state index contributed by atoms with van der Waals surface area (Å²) in [5, 5.41) is 8.75. The van der Waals surface area contributed by atoms with Crippen LogP contribution in [0.5, 0.6) is 0 Å². The van der Waals surface area contributed by atoms with E-state index in [1.165, 1.54) is 0 Å². The SMILES string of the molecule is CC(C)(C)[Si](C)(C)OCCOCCOCCOCCOCCO. The van der Waals surface area contributed by atoms with E-state index in [0.717, 1.165) is 0 Å². The van der Waals surface area contributed by atoms with E-state index in [9.17, 15) is 0 Å². The first-order valence-electron chi connectivity index (χ1n) is 8.37. The molecule has 23 heavy (non-hydrogen) atoms. The second-order valence-corrected chi connectivity index (χ2v) is 11.6. The molecule has 0 aromatic heterocycles. The summed E-state index contributed by atoms with van der Waals surface area (Å²) in [7, 11) is -1.66. The van der Waals surface area contributed by atoms with Gasteiger partial charge in [0.1, 0.15) is 0 Å². The van der Waals surface area contributed by atoms with Gasteiger partial charge in [0.25, 0.3) is 0 Å². The normalized spacial score (nSPS) is 12.8. The van der Waals surface area contributed by atoms with Gasteiger partial charge in [-0.3, -0.25) is 0 Å². The lowest BCUT2D eigenvalue weighted by Crippen LogP contribution is -2.41. The minimum atomic E-state index is -1.66. The summed E-state index contributed by atoms with van der Waals surface area (Å²) in [6, 6.07) is 0. The van der Waals surface area contributed by atoms with E-state index in [2.05, 4.69) is 33.9 Å². The maximum atomic E-state index is 8.52. The highest BCUT2D eigenvalue weighted by atomic mass is 28.4. The minimum absolute atomic E-state index is 0.0457. The first-order chi connectivity index (χ1) is 10.8. The van der Waals surface area contributed by atoms with Crippen molar-refractivity contribution in [2.75, 3.05) is 66.1 Å². The van der Waals surface area contributed by atoms with Crippen molar-refractivity contribution in [2.24, 2.45) is 0 Å². The third-order valence-electron chi connectivity index (χ3n) is 3.85. The Kier molecular flexibility index (Phi) is 13.3.